The Hall–Kier alpha value is -6.17. The molecule has 0 aliphatic heterocycles. The Balaban J connectivity index is 0.00000374. The van der Waals surface area contributed by atoms with Gasteiger partial charge in [0.15, 0.2) is 0 Å². The van der Waals surface area contributed by atoms with Crippen LogP contribution in [0.2, 0.25) is 0 Å². The molecule has 0 aliphatic rings. The van der Waals surface area contributed by atoms with Crippen LogP contribution >= 0.6 is 11.3 Å². The van der Waals surface area contributed by atoms with E-state index in [2.05, 4.69) is 185 Å². The van der Waals surface area contributed by atoms with E-state index in [-0.39, 0.29) is 21.1 Å². The number of thiophene rings is 1. The molecule has 0 spiro atoms. The molecule has 0 fully saturated rings. The predicted molar refractivity (Wildman–Crippen MR) is 237 cm³/mol. The summed E-state index contributed by atoms with van der Waals surface area (Å²) in [6, 6.07) is 67.8. The van der Waals surface area contributed by atoms with E-state index in [0.717, 1.165) is 49.2 Å². The van der Waals surface area contributed by atoms with E-state index in [9.17, 15) is 0 Å². The van der Waals surface area contributed by atoms with Crippen LogP contribution in [0.3, 0.4) is 0 Å². The van der Waals surface area contributed by atoms with Gasteiger partial charge in [0.1, 0.15) is 13.9 Å². The molecule has 0 N–H and O–H groups in total. The molecule has 270 valence electrons. The number of nitrogens with zero attached hydrogens (tertiary/aromatic N) is 4. The first-order valence-electron chi connectivity index (χ1n) is 18.8. The van der Waals surface area contributed by atoms with Gasteiger partial charge in [-0.1, -0.05) is 114 Å². The molecular formula is C50H30N4PtSSi. The summed E-state index contributed by atoms with van der Waals surface area (Å²) < 4.78 is 7.09. The van der Waals surface area contributed by atoms with Crippen molar-refractivity contribution in [1.29, 1.82) is 0 Å². The Morgan fingerprint density at radius 2 is 1.18 bits per heavy atom. The molecule has 0 unspecified atom stereocenters. The van der Waals surface area contributed by atoms with Gasteiger partial charge in [0.05, 0.1) is 5.65 Å². The van der Waals surface area contributed by atoms with E-state index >= 15 is 0 Å². The first kappa shape index (κ1) is 34.1. The van der Waals surface area contributed by atoms with Crippen molar-refractivity contribution in [2.75, 3.05) is 0 Å². The number of aromatic nitrogens is 4. The zero-order chi connectivity index (χ0) is 36.8. The molecule has 0 radical (unpaired) electrons. The van der Waals surface area contributed by atoms with Crippen LogP contribution in [0.15, 0.2) is 182 Å². The van der Waals surface area contributed by atoms with E-state index in [0.29, 0.717) is 0 Å². The van der Waals surface area contributed by atoms with Crippen molar-refractivity contribution >= 4 is 109 Å². The van der Waals surface area contributed by atoms with E-state index < -0.39 is 8.07 Å². The zero-order valence-electron chi connectivity index (χ0n) is 30.3. The van der Waals surface area contributed by atoms with Crippen LogP contribution in [0.4, 0.5) is 0 Å². The smallest absolute Gasteiger partial charge is 0.340 e. The number of para-hydroxylation sites is 1. The molecule has 0 atom stereocenters. The summed E-state index contributed by atoms with van der Waals surface area (Å²) in [4.78, 5) is 9.86. The van der Waals surface area contributed by atoms with Gasteiger partial charge in [-0.2, -0.15) is 23.4 Å². The number of hydrogen-bond acceptors (Lipinski definition) is 3. The molecule has 4 nitrogen and oxygen atoms in total. The summed E-state index contributed by atoms with van der Waals surface area (Å²) in [6.45, 7) is 0. The molecule has 0 aliphatic carbocycles. The van der Waals surface area contributed by atoms with Crippen LogP contribution < -0.4 is 20.7 Å². The molecule has 0 saturated carbocycles. The second-order valence-electron chi connectivity index (χ2n) is 14.4. The first-order valence-corrected chi connectivity index (χ1v) is 21.6. The van der Waals surface area contributed by atoms with Crippen molar-refractivity contribution in [2.24, 2.45) is 0 Å². The van der Waals surface area contributed by atoms with Gasteiger partial charge in [0, 0.05) is 39.0 Å². The van der Waals surface area contributed by atoms with Crippen LogP contribution in [-0.4, -0.2) is 27.0 Å². The van der Waals surface area contributed by atoms with Crippen molar-refractivity contribution in [1.82, 2.24) is 18.9 Å². The van der Waals surface area contributed by atoms with Crippen LogP contribution in [-0.2, 0) is 21.1 Å². The largest absolute Gasteiger partial charge is 2.00 e. The fraction of sp³-hybridized carbons (Fsp3) is 0. The van der Waals surface area contributed by atoms with E-state index in [1.54, 1.807) is 0 Å². The Morgan fingerprint density at radius 3 is 1.95 bits per heavy atom. The predicted octanol–water partition coefficient (Wildman–Crippen LogP) is 9.48. The summed E-state index contributed by atoms with van der Waals surface area (Å²) in [5.74, 6) is 0.873. The first-order chi connectivity index (χ1) is 27.8. The number of pyridine rings is 2. The maximum absolute atomic E-state index is 4.94. The van der Waals surface area contributed by atoms with Crippen molar-refractivity contribution < 1.29 is 21.1 Å². The summed E-state index contributed by atoms with van der Waals surface area (Å²) in [5.41, 5.74) is 4.19. The zero-order valence-corrected chi connectivity index (χ0v) is 34.4. The van der Waals surface area contributed by atoms with E-state index in [4.69, 9.17) is 9.97 Å². The summed E-state index contributed by atoms with van der Waals surface area (Å²) in [6.07, 6.45) is 5.83. The minimum Gasteiger partial charge on any atom is -0.340 e. The molecule has 12 rings (SSSR count). The minimum atomic E-state index is -3.11. The maximum Gasteiger partial charge on any atom is 2.00 e. The number of rotatable bonds is 5. The van der Waals surface area contributed by atoms with Crippen molar-refractivity contribution in [3.8, 4) is 5.82 Å². The van der Waals surface area contributed by atoms with Crippen molar-refractivity contribution in [3.05, 3.63) is 195 Å². The Kier molecular flexibility index (Phi) is 7.90. The van der Waals surface area contributed by atoms with Crippen LogP contribution in [0.1, 0.15) is 0 Å². The summed E-state index contributed by atoms with van der Waals surface area (Å²) in [7, 11) is -3.11. The quantitative estimate of drug-likeness (QED) is 0.0747. The molecule has 7 heteroatoms. The normalized spacial score (nSPS) is 12.1. The molecule has 5 heterocycles. The number of benzene rings is 7. The van der Waals surface area contributed by atoms with Crippen LogP contribution in [0.25, 0.3) is 75.1 Å². The van der Waals surface area contributed by atoms with Gasteiger partial charge >= 0.3 is 21.1 Å². The van der Waals surface area contributed by atoms with Crippen molar-refractivity contribution in [3.63, 3.8) is 0 Å². The minimum absolute atomic E-state index is 0. The van der Waals surface area contributed by atoms with Gasteiger partial charge in [-0.15, -0.1) is 45.5 Å². The Morgan fingerprint density at radius 1 is 0.491 bits per heavy atom. The van der Waals surface area contributed by atoms with Crippen LogP contribution in [0.5, 0.6) is 0 Å². The average Bonchev–Trinajstić information content (AvgIpc) is 4.00. The number of fused-ring (bicyclic) bond motifs is 13. The van der Waals surface area contributed by atoms with Crippen molar-refractivity contribution in [2.45, 2.75) is 0 Å². The van der Waals surface area contributed by atoms with Gasteiger partial charge in [0.2, 0.25) is 0 Å². The van der Waals surface area contributed by atoms with Gasteiger partial charge in [-0.25, -0.2) is 4.98 Å². The third-order valence-electron chi connectivity index (χ3n) is 11.5. The van der Waals surface area contributed by atoms with Gasteiger partial charge in [-0.05, 0) is 68.3 Å². The molecule has 57 heavy (non-hydrogen) atoms. The Bertz CT molecular complexity index is 3450. The third-order valence-corrected chi connectivity index (χ3v) is 17.3. The Labute approximate surface area is 347 Å². The molecule has 0 bridgehead atoms. The van der Waals surface area contributed by atoms with E-state index in [1.807, 2.05) is 29.8 Å². The maximum atomic E-state index is 4.94. The van der Waals surface area contributed by atoms with E-state index in [1.165, 1.54) is 46.7 Å². The number of hydrogen-bond donors (Lipinski definition) is 0. The summed E-state index contributed by atoms with van der Waals surface area (Å²) in [5, 5.41) is 13.2. The fourth-order valence-corrected chi connectivity index (χ4v) is 14.9. The van der Waals surface area contributed by atoms with Gasteiger partial charge < -0.3 is 8.97 Å². The molecule has 12 aromatic rings. The molecule has 0 amide bonds. The monoisotopic (exact) mass is 941 g/mol. The molecule has 0 saturated heterocycles. The second-order valence-corrected chi connectivity index (χ2v) is 19.2. The average molecular weight is 942 g/mol. The molecule has 5 aromatic heterocycles. The second kappa shape index (κ2) is 13.2. The number of imidazole rings is 1. The molecular weight excluding hydrogens is 912 g/mol. The third kappa shape index (κ3) is 4.88. The fourth-order valence-electron chi connectivity index (χ4n) is 9.21. The standard InChI is InChI=1S/C50H30N4SSi.Pt/c1-3-13-33(14-4-1)56(34-15-5-2-6-16-34,35-22-24-37-38-17-7-9-19-42(38)53-30-29-52-50(53)41(37)31-35)36-23-25-39-44(32-36)54(47-21-11-12-28-51-47)43-26-27-46-49(48(39)43)40-18-8-10-20-45(40)55-46;/h1-30H;/q-2;+2. The van der Waals surface area contributed by atoms with Gasteiger partial charge in [-0.3, -0.25) is 4.98 Å². The summed E-state index contributed by atoms with van der Waals surface area (Å²) >= 11 is 1.85. The SMILES string of the molecule is [Pt+2].[c-]1c([Si](c2[c-]c3c(cc2)c2c4c(ccc2n3-c2ccccn2)sc2ccccc24)(c2ccccc2)c2ccccc2)ccc2c1c1nccn1c1ccccc21. The van der Waals surface area contributed by atoms with Gasteiger partial charge in [0.25, 0.3) is 0 Å². The molecule has 7 aromatic carbocycles. The van der Waals surface area contributed by atoms with Crippen LogP contribution in [0, 0.1) is 12.1 Å². The topological polar surface area (TPSA) is 35.1 Å².